The van der Waals surface area contributed by atoms with Crippen molar-refractivity contribution in [1.29, 1.82) is 0 Å². The van der Waals surface area contributed by atoms with Crippen molar-refractivity contribution in [2.24, 2.45) is 0 Å². The normalized spacial score (nSPS) is 10.6. The van der Waals surface area contributed by atoms with E-state index in [2.05, 4.69) is 0 Å². The van der Waals surface area contributed by atoms with E-state index in [9.17, 15) is 26.7 Å². The Bertz CT molecular complexity index is 736. The average molecular weight is 347 g/mol. The van der Waals surface area contributed by atoms with Crippen LogP contribution in [0.15, 0.2) is 24.3 Å². The maximum absolute atomic E-state index is 13.5. The summed E-state index contributed by atoms with van der Waals surface area (Å²) in [5, 5.41) is 8.39. The number of halogens is 5. The van der Waals surface area contributed by atoms with Crippen LogP contribution >= 0.6 is 0 Å². The van der Waals surface area contributed by atoms with Crippen molar-refractivity contribution in [1.82, 2.24) is 5.48 Å². The van der Waals surface area contributed by atoms with Gasteiger partial charge in [-0.15, -0.1) is 0 Å². The number of rotatable bonds is 5. The molecule has 0 saturated carbocycles. The van der Waals surface area contributed by atoms with E-state index in [0.29, 0.717) is 5.56 Å². The number of amides is 1. The molecular weight excluding hydrogens is 337 g/mol. The number of hydrogen-bond acceptors (Lipinski definition) is 3. The summed E-state index contributed by atoms with van der Waals surface area (Å²) in [6.45, 7) is -0.873. The lowest BCUT2D eigenvalue weighted by atomic mass is 10.1. The number of hydroxylamine groups is 1. The smallest absolute Gasteiger partial charge is 0.247 e. The number of nitrogens with one attached hydrogen (secondary N) is 1. The zero-order valence-electron chi connectivity index (χ0n) is 11.9. The molecule has 0 radical (unpaired) electrons. The maximum Gasteiger partial charge on any atom is 0.247 e. The molecule has 0 unspecified atom stereocenters. The number of carbonyl (C=O) groups is 1. The minimum atomic E-state index is -2.24. The molecule has 2 aromatic carbocycles. The topological polar surface area (TPSA) is 58.6 Å². The Morgan fingerprint density at radius 3 is 1.92 bits per heavy atom. The lowest BCUT2D eigenvalue weighted by Crippen LogP contribution is -2.20. The van der Waals surface area contributed by atoms with Gasteiger partial charge in [0.2, 0.25) is 11.7 Å². The van der Waals surface area contributed by atoms with E-state index in [0.717, 1.165) is 0 Å². The molecule has 128 valence electrons. The molecule has 0 bridgehead atoms. The van der Waals surface area contributed by atoms with Crippen molar-refractivity contribution < 1.29 is 36.7 Å². The van der Waals surface area contributed by atoms with Gasteiger partial charge in [0.25, 0.3) is 0 Å². The van der Waals surface area contributed by atoms with Crippen molar-refractivity contribution >= 4 is 5.91 Å². The van der Waals surface area contributed by atoms with E-state index in [1.165, 1.54) is 29.7 Å². The summed E-state index contributed by atoms with van der Waals surface area (Å²) < 4.78 is 71.0. The molecule has 1 amide bonds. The van der Waals surface area contributed by atoms with E-state index in [4.69, 9.17) is 9.94 Å². The molecule has 0 aliphatic heterocycles. The second-order valence-corrected chi connectivity index (χ2v) is 4.69. The van der Waals surface area contributed by atoms with Gasteiger partial charge < -0.3 is 4.74 Å². The monoisotopic (exact) mass is 347 g/mol. The summed E-state index contributed by atoms with van der Waals surface area (Å²) >= 11 is 0. The van der Waals surface area contributed by atoms with Crippen LogP contribution in [0.4, 0.5) is 22.0 Å². The van der Waals surface area contributed by atoms with Gasteiger partial charge >= 0.3 is 0 Å². The third kappa shape index (κ3) is 3.62. The standard InChI is InChI=1S/C15H10F5NO3/c16-11-9(12(17)14(19)15(20)13(11)18)6-24-8-3-1-7(2-4-8)5-10(22)21-23/h1-4,23H,5-6H2,(H,21,22). The van der Waals surface area contributed by atoms with Crippen molar-refractivity contribution in [3.8, 4) is 5.75 Å². The largest absolute Gasteiger partial charge is 0.489 e. The lowest BCUT2D eigenvalue weighted by Gasteiger charge is -2.10. The molecule has 24 heavy (non-hydrogen) atoms. The molecule has 0 saturated heterocycles. The van der Waals surface area contributed by atoms with Gasteiger partial charge in [0.1, 0.15) is 12.4 Å². The fourth-order valence-electron chi connectivity index (χ4n) is 1.86. The summed E-state index contributed by atoms with van der Waals surface area (Å²) in [4.78, 5) is 11.0. The Labute approximate surface area is 132 Å². The Kier molecular flexibility index (Phi) is 5.35. The second kappa shape index (κ2) is 7.26. The summed E-state index contributed by atoms with van der Waals surface area (Å²) in [5.41, 5.74) is 0.864. The van der Waals surface area contributed by atoms with Gasteiger partial charge in [-0.3, -0.25) is 10.0 Å². The Balaban J connectivity index is 2.13. The van der Waals surface area contributed by atoms with Crippen LogP contribution in [0, 0.1) is 29.1 Å². The summed E-state index contributed by atoms with van der Waals surface area (Å²) in [5.74, 6) is -10.8. The van der Waals surface area contributed by atoms with E-state index < -0.39 is 47.2 Å². The van der Waals surface area contributed by atoms with Crippen molar-refractivity contribution in [2.45, 2.75) is 13.0 Å². The van der Waals surface area contributed by atoms with Crippen LogP contribution in [-0.2, 0) is 17.8 Å². The predicted molar refractivity (Wildman–Crippen MR) is 70.6 cm³/mol. The molecule has 0 aliphatic rings. The minimum Gasteiger partial charge on any atom is -0.489 e. The summed E-state index contributed by atoms with van der Waals surface area (Å²) in [7, 11) is 0. The van der Waals surface area contributed by atoms with E-state index in [1.807, 2.05) is 0 Å². The molecule has 0 atom stereocenters. The minimum absolute atomic E-state index is 0.0899. The van der Waals surface area contributed by atoms with Gasteiger partial charge in [0, 0.05) is 0 Å². The average Bonchev–Trinajstić information content (AvgIpc) is 2.59. The van der Waals surface area contributed by atoms with E-state index in [1.54, 1.807) is 0 Å². The highest BCUT2D eigenvalue weighted by atomic mass is 19.2. The van der Waals surface area contributed by atoms with Crippen LogP contribution in [0.1, 0.15) is 11.1 Å². The summed E-state index contributed by atoms with van der Waals surface area (Å²) in [6.07, 6.45) is -0.117. The number of benzene rings is 2. The number of carbonyl (C=O) groups excluding carboxylic acids is 1. The number of hydrogen-bond donors (Lipinski definition) is 2. The highest BCUT2D eigenvalue weighted by molar-refractivity contribution is 5.77. The first-order chi connectivity index (χ1) is 11.3. The van der Waals surface area contributed by atoms with Crippen LogP contribution in [0.5, 0.6) is 5.75 Å². The molecule has 2 aromatic rings. The van der Waals surface area contributed by atoms with Crippen LogP contribution < -0.4 is 10.2 Å². The van der Waals surface area contributed by atoms with Crippen molar-refractivity contribution in [3.63, 3.8) is 0 Å². The van der Waals surface area contributed by atoms with Crippen LogP contribution in [0.25, 0.3) is 0 Å². The quantitative estimate of drug-likeness (QED) is 0.287. The molecule has 0 aromatic heterocycles. The first-order valence-electron chi connectivity index (χ1n) is 6.50. The van der Waals surface area contributed by atoms with Gasteiger partial charge in [-0.25, -0.2) is 27.4 Å². The molecule has 9 heteroatoms. The Morgan fingerprint density at radius 2 is 1.42 bits per heavy atom. The van der Waals surface area contributed by atoms with Crippen molar-refractivity contribution in [2.75, 3.05) is 0 Å². The second-order valence-electron chi connectivity index (χ2n) is 4.69. The third-order valence-corrected chi connectivity index (χ3v) is 3.10. The number of ether oxygens (including phenoxy) is 1. The van der Waals surface area contributed by atoms with Gasteiger partial charge in [0.05, 0.1) is 12.0 Å². The van der Waals surface area contributed by atoms with Crippen molar-refractivity contribution in [3.05, 3.63) is 64.5 Å². The van der Waals surface area contributed by atoms with Crippen LogP contribution in [-0.4, -0.2) is 11.1 Å². The fraction of sp³-hybridized carbons (Fsp3) is 0.133. The highest BCUT2D eigenvalue weighted by Gasteiger charge is 2.25. The van der Waals surface area contributed by atoms with Crippen LogP contribution in [0.3, 0.4) is 0 Å². The zero-order valence-corrected chi connectivity index (χ0v) is 11.9. The van der Waals surface area contributed by atoms with Gasteiger partial charge in [-0.2, -0.15) is 0 Å². The zero-order chi connectivity index (χ0) is 17.9. The predicted octanol–water partition coefficient (Wildman–Crippen LogP) is 3.01. The van der Waals surface area contributed by atoms with Gasteiger partial charge in [-0.05, 0) is 17.7 Å². The summed E-state index contributed by atoms with van der Waals surface area (Å²) in [6, 6.07) is 5.55. The Hall–Kier alpha value is -2.68. The molecule has 0 heterocycles. The van der Waals surface area contributed by atoms with Gasteiger partial charge in [0.15, 0.2) is 23.3 Å². The first-order valence-corrected chi connectivity index (χ1v) is 6.50. The lowest BCUT2D eigenvalue weighted by molar-refractivity contribution is -0.128. The third-order valence-electron chi connectivity index (χ3n) is 3.10. The highest BCUT2D eigenvalue weighted by Crippen LogP contribution is 2.24. The van der Waals surface area contributed by atoms with E-state index in [-0.39, 0.29) is 12.2 Å². The molecule has 4 nitrogen and oxygen atoms in total. The molecular formula is C15H10F5NO3. The van der Waals surface area contributed by atoms with Crippen LogP contribution in [0.2, 0.25) is 0 Å². The molecule has 0 aliphatic carbocycles. The first kappa shape index (κ1) is 17.7. The van der Waals surface area contributed by atoms with Gasteiger partial charge in [-0.1, -0.05) is 12.1 Å². The molecule has 0 spiro atoms. The Morgan fingerprint density at radius 1 is 0.917 bits per heavy atom. The molecule has 2 rings (SSSR count). The molecule has 2 N–H and O–H groups in total. The maximum atomic E-state index is 13.5. The van der Waals surface area contributed by atoms with E-state index >= 15 is 0 Å². The fourth-order valence-corrected chi connectivity index (χ4v) is 1.86. The molecule has 0 fully saturated rings. The SMILES string of the molecule is O=C(Cc1ccc(OCc2c(F)c(F)c(F)c(F)c2F)cc1)NO.